The van der Waals surface area contributed by atoms with Crippen molar-refractivity contribution in [2.45, 2.75) is 12.8 Å². The molecule has 0 bridgehead atoms. The van der Waals surface area contributed by atoms with E-state index < -0.39 is 10.2 Å². The van der Waals surface area contributed by atoms with Gasteiger partial charge in [-0.05, 0) is 18.8 Å². The molecule has 7 nitrogen and oxygen atoms in total. The van der Waals surface area contributed by atoms with E-state index in [0.717, 1.165) is 0 Å². The van der Waals surface area contributed by atoms with E-state index in [0.29, 0.717) is 31.6 Å². The Morgan fingerprint density at radius 2 is 2.24 bits per heavy atom. The van der Waals surface area contributed by atoms with E-state index >= 15 is 0 Å². The Labute approximate surface area is 100 Å². The third-order valence-electron chi connectivity index (χ3n) is 2.92. The van der Waals surface area contributed by atoms with Gasteiger partial charge in [0.25, 0.3) is 0 Å². The lowest BCUT2D eigenvalue weighted by atomic mass is 10.00. The summed E-state index contributed by atoms with van der Waals surface area (Å²) < 4.78 is 27.8. The maximum Gasteiger partial charge on any atom is 0.301 e. The lowest BCUT2D eigenvalue weighted by Gasteiger charge is -2.30. The largest absolute Gasteiger partial charge is 0.396 e. The fourth-order valence-corrected chi connectivity index (χ4v) is 3.08. The zero-order chi connectivity index (χ0) is 12.3. The molecule has 2 rings (SSSR count). The Kier molecular flexibility index (Phi) is 3.65. The second-order valence-electron chi connectivity index (χ2n) is 4.12. The zero-order valence-electron chi connectivity index (χ0n) is 9.33. The predicted molar refractivity (Wildman–Crippen MR) is 62.5 cm³/mol. The normalized spacial score (nSPS) is 19.4. The van der Waals surface area contributed by atoms with Crippen molar-refractivity contribution < 1.29 is 13.5 Å². The Balaban J connectivity index is 1.97. The number of aliphatic hydroxyl groups excluding tert-OH is 1. The molecular weight excluding hydrogens is 244 g/mol. The van der Waals surface area contributed by atoms with Crippen molar-refractivity contribution in [1.29, 1.82) is 0 Å². The highest BCUT2D eigenvalue weighted by Gasteiger charge is 2.27. The molecule has 1 fully saturated rings. The lowest BCUT2D eigenvalue weighted by molar-refractivity contribution is 0.170. The summed E-state index contributed by atoms with van der Waals surface area (Å²) in [5, 5.41) is 15.2. The van der Waals surface area contributed by atoms with Crippen LogP contribution < -0.4 is 4.72 Å². The number of nitrogens with one attached hydrogen (secondary N) is 2. The molecule has 1 aliphatic rings. The Morgan fingerprint density at radius 3 is 2.76 bits per heavy atom. The quantitative estimate of drug-likeness (QED) is 0.696. The summed E-state index contributed by atoms with van der Waals surface area (Å²) >= 11 is 0. The number of nitrogens with zero attached hydrogens (tertiary/aromatic N) is 2. The van der Waals surface area contributed by atoms with Crippen LogP contribution in [0.25, 0.3) is 0 Å². The molecule has 17 heavy (non-hydrogen) atoms. The summed E-state index contributed by atoms with van der Waals surface area (Å²) in [5.74, 6) is 0.218. The van der Waals surface area contributed by atoms with E-state index in [1.165, 1.54) is 16.7 Å². The summed E-state index contributed by atoms with van der Waals surface area (Å²) in [5.41, 5.74) is 0.425. The van der Waals surface area contributed by atoms with E-state index in [9.17, 15) is 8.42 Å². The van der Waals surface area contributed by atoms with Crippen LogP contribution in [0, 0.1) is 5.92 Å². The average Bonchev–Trinajstić information content (AvgIpc) is 2.81. The van der Waals surface area contributed by atoms with Gasteiger partial charge in [0.2, 0.25) is 0 Å². The van der Waals surface area contributed by atoms with Crippen molar-refractivity contribution in [3.63, 3.8) is 0 Å². The van der Waals surface area contributed by atoms with Gasteiger partial charge >= 0.3 is 10.2 Å². The van der Waals surface area contributed by atoms with E-state index in [1.54, 1.807) is 0 Å². The Morgan fingerprint density at radius 1 is 1.53 bits per heavy atom. The summed E-state index contributed by atoms with van der Waals surface area (Å²) in [6.45, 7) is 1.01. The lowest BCUT2D eigenvalue weighted by Crippen LogP contribution is -2.42. The van der Waals surface area contributed by atoms with Crippen LogP contribution in [-0.2, 0) is 10.2 Å². The van der Waals surface area contributed by atoms with Crippen LogP contribution in [0.15, 0.2) is 12.4 Å². The number of piperidine rings is 1. The minimum atomic E-state index is -3.50. The molecule has 0 saturated carbocycles. The minimum absolute atomic E-state index is 0.128. The first-order valence-corrected chi connectivity index (χ1v) is 6.93. The van der Waals surface area contributed by atoms with Crippen LogP contribution in [0.5, 0.6) is 0 Å². The van der Waals surface area contributed by atoms with Crippen molar-refractivity contribution in [2.24, 2.45) is 5.92 Å². The number of aromatic nitrogens is 2. The summed E-state index contributed by atoms with van der Waals surface area (Å²) in [6, 6.07) is 0. The highest BCUT2D eigenvalue weighted by molar-refractivity contribution is 7.90. The molecule has 1 aliphatic heterocycles. The van der Waals surface area contributed by atoms with Crippen molar-refractivity contribution in [3.05, 3.63) is 12.4 Å². The van der Waals surface area contributed by atoms with Crippen LogP contribution in [0.3, 0.4) is 0 Å². The molecule has 3 N–H and O–H groups in total. The Hall–Kier alpha value is -1.12. The number of aromatic amines is 1. The number of rotatable bonds is 4. The molecule has 1 saturated heterocycles. The SMILES string of the molecule is O=S(=O)(Nc1cn[nH]c1)N1CCC(CO)CC1. The van der Waals surface area contributed by atoms with Gasteiger partial charge in [-0.3, -0.25) is 9.82 Å². The van der Waals surface area contributed by atoms with Gasteiger partial charge in [0.1, 0.15) is 0 Å². The van der Waals surface area contributed by atoms with Gasteiger partial charge in [-0.15, -0.1) is 0 Å². The first kappa shape index (κ1) is 12.3. The van der Waals surface area contributed by atoms with E-state index in [2.05, 4.69) is 14.9 Å². The molecule has 1 aromatic rings. The molecule has 0 unspecified atom stereocenters. The molecule has 0 radical (unpaired) electrons. The monoisotopic (exact) mass is 260 g/mol. The first-order valence-electron chi connectivity index (χ1n) is 5.49. The second kappa shape index (κ2) is 5.03. The Bertz CT molecular complexity index is 437. The zero-order valence-corrected chi connectivity index (χ0v) is 10.2. The van der Waals surface area contributed by atoms with E-state index in [1.807, 2.05) is 0 Å². The standard InChI is InChI=1S/C9H16N4O3S/c14-7-8-1-3-13(4-2-8)17(15,16)12-9-5-10-11-6-9/h5-6,8,12,14H,1-4,7H2,(H,10,11). The number of H-pyrrole nitrogens is 1. The van der Waals surface area contributed by atoms with Crippen molar-refractivity contribution in [2.75, 3.05) is 24.4 Å². The average molecular weight is 260 g/mol. The molecule has 0 amide bonds. The molecule has 0 spiro atoms. The van der Waals surface area contributed by atoms with Gasteiger partial charge in [0, 0.05) is 25.9 Å². The van der Waals surface area contributed by atoms with Gasteiger partial charge < -0.3 is 5.11 Å². The molecule has 8 heteroatoms. The molecule has 0 aromatic carbocycles. The molecule has 96 valence electrons. The van der Waals surface area contributed by atoms with Crippen molar-refractivity contribution in [3.8, 4) is 0 Å². The van der Waals surface area contributed by atoms with Gasteiger partial charge in [-0.25, -0.2) is 0 Å². The van der Waals surface area contributed by atoms with Crippen LogP contribution in [0.4, 0.5) is 5.69 Å². The fourth-order valence-electron chi connectivity index (χ4n) is 1.85. The maximum absolute atomic E-state index is 12.0. The second-order valence-corrected chi connectivity index (χ2v) is 5.79. The van der Waals surface area contributed by atoms with Crippen molar-refractivity contribution >= 4 is 15.9 Å². The van der Waals surface area contributed by atoms with Crippen LogP contribution in [-0.4, -0.2) is 47.7 Å². The molecule has 0 atom stereocenters. The molecule has 2 heterocycles. The van der Waals surface area contributed by atoms with Gasteiger partial charge in [-0.2, -0.15) is 17.8 Å². The van der Waals surface area contributed by atoms with E-state index in [4.69, 9.17) is 5.11 Å². The highest BCUT2D eigenvalue weighted by atomic mass is 32.2. The predicted octanol–water partition coefficient (Wildman–Crippen LogP) is -0.229. The fraction of sp³-hybridized carbons (Fsp3) is 0.667. The minimum Gasteiger partial charge on any atom is -0.396 e. The number of anilines is 1. The topological polar surface area (TPSA) is 98.3 Å². The van der Waals surface area contributed by atoms with Gasteiger partial charge in [0.05, 0.1) is 11.9 Å². The molecular formula is C9H16N4O3S. The van der Waals surface area contributed by atoms with E-state index in [-0.39, 0.29) is 12.5 Å². The summed E-state index contributed by atoms with van der Waals surface area (Å²) in [4.78, 5) is 0. The van der Waals surface area contributed by atoms with Crippen LogP contribution in [0.2, 0.25) is 0 Å². The number of aliphatic hydroxyl groups is 1. The summed E-state index contributed by atoms with van der Waals surface area (Å²) in [7, 11) is -3.50. The van der Waals surface area contributed by atoms with Gasteiger partial charge in [0.15, 0.2) is 0 Å². The highest BCUT2D eigenvalue weighted by Crippen LogP contribution is 2.19. The first-order chi connectivity index (χ1) is 8.12. The van der Waals surface area contributed by atoms with Crippen LogP contribution in [0.1, 0.15) is 12.8 Å². The van der Waals surface area contributed by atoms with Crippen LogP contribution >= 0.6 is 0 Å². The van der Waals surface area contributed by atoms with Crippen molar-refractivity contribution in [1.82, 2.24) is 14.5 Å². The van der Waals surface area contributed by atoms with Gasteiger partial charge in [-0.1, -0.05) is 0 Å². The number of hydrogen-bond acceptors (Lipinski definition) is 4. The molecule has 0 aliphatic carbocycles. The smallest absolute Gasteiger partial charge is 0.301 e. The maximum atomic E-state index is 12.0. The molecule has 1 aromatic heterocycles. The third-order valence-corrected chi connectivity index (χ3v) is 4.46. The number of hydrogen-bond donors (Lipinski definition) is 3. The third kappa shape index (κ3) is 2.96. The summed E-state index contributed by atoms with van der Waals surface area (Å²) in [6.07, 6.45) is 4.29.